The molecule has 2 amide bonds. The van der Waals surface area contributed by atoms with E-state index < -0.39 is 29.5 Å². The summed E-state index contributed by atoms with van der Waals surface area (Å²) in [4.78, 5) is 30.9. The van der Waals surface area contributed by atoms with E-state index in [-0.39, 0.29) is 12.2 Å². The Morgan fingerprint density at radius 2 is 1.87 bits per heavy atom. The van der Waals surface area contributed by atoms with E-state index in [1.54, 1.807) is 42.5 Å². The maximum Gasteiger partial charge on any atom is 0.273 e. The van der Waals surface area contributed by atoms with E-state index >= 15 is 0 Å². The van der Waals surface area contributed by atoms with Crippen molar-refractivity contribution in [1.82, 2.24) is 9.88 Å². The van der Waals surface area contributed by atoms with Crippen LogP contribution in [0, 0.1) is 11.6 Å². The second kappa shape index (κ2) is 8.02. The lowest BCUT2D eigenvalue weighted by Gasteiger charge is -2.30. The largest absolute Gasteiger partial charge is 0.366 e. The Bertz CT molecular complexity index is 1120. The SMILES string of the molecule is NC(=O)c1ccccc1CN(C(=O)c1ccccn1)[C@@H]1CCc2c(F)cc(F)cc21. The molecule has 0 saturated carbocycles. The monoisotopic (exact) mass is 407 g/mol. The highest BCUT2D eigenvalue weighted by atomic mass is 19.1. The van der Waals surface area contributed by atoms with E-state index in [1.807, 2.05) is 0 Å². The minimum atomic E-state index is -0.694. The molecule has 30 heavy (non-hydrogen) atoms. The number of carbonyl (C=O) groups excluding carboxylic acids is 2. The quantitative estimate of drug-likeness (QED) is 0.699. The Morgan fingerprint density at radius 1 is 1.10 bits per heavy atom. The Kier molecular flexibility index (Phi) is 5.27. The van der Waals surface area contributed by atoms with Crippen LogP contribution in [0.25, 0.3) is 0 Å². The van der Waals surface area contributed by atoms with Gasteiger partial charge in [-0.1, -0.05) is 24.3 Å². The number of rotatable bonds is 5. The number of primary amides is 1. The summed E-state index contributed by atoms with van der Waals surface area (Å²) in [5.41, 5.74) is 7.39. The van der Waals surface area contributed by atoms with Crippen LogP contribution in [0.1, 0.15) is 50.0 Å². The molecule has 0 aliphatic heterocycles. The second-order valence-electron chi connectivity index (χ2n) is 7.18. The van der Waals surface area contributed by atoms with Crippen molar-refractivity contribution in [3.8, 4) is 0 Å². The minimum Gasteiger partial charge on any atom is -0.366 e. The van der Waals surface area contributed by atoms with Crippen molar-refractivity contribution in [1.29, 1.82) is 0 Å². The number of nitrogens with zero attached hydrogens (tertiary/aromatic N) is 2. The molecule has 152 valence electrons. The highest BCUT2D eigenvalue weighted by Gasteiger charge is 2.34. The van der Waals surface area contributed by atoms with Gasteiger partial charge in [0.25, 0.3) is 5.91 Å². The van der Waals surface area contributed by atoms with Crippen LogP contribution in [0.2, 0.25) is 0 Å². The average Bonchev–Trinajstić information content (AvgIpc) is 3.16. The highest BCUT2D eigenvalue weighted by Crippen LogP contribution is 2.39. The summed E-state index contributed by atoms with van der Waals surface area (Å²) in [7, 11) is 0. The molecule has 0 bridgehead atoms. The molecule has 1 aliphatic rings. The lowest BCUT2D eigenvalue weighted by molar-refractivity contribution is 0.0650. The van der Waals surface area contributed by atoms with Gasteiger partial charge in [-0.25, -0.2) is 8.78 Å². The number of pyridine rings is 1. The molecule has 0 spiro atoms. The molecule has 2 aromatic carbocycles. The molecule has 4 rings (SSSR count). The summed E-state index contributed by atoms with van der Waals surface area (Å²) >= 11 is 0. The zero-order chi connectivity index (χ0) is 21.3. The van der Waals surface area contributed by atoms with E-state index in [2.05, 4.69) is 4.98 Å². The predicted octanol–water partition coefficient (Wildman–Crippen LogP) is 3.79. The Balaban J connectivity index is 1.79. The number of nitrogens with two attached hydrogens (primary N) is 1. The zero-order valence-corrected chi connectivity index (χ0v) is 16.0. The van der Waals surface area contributed by atoms with Crippen LogP contribution < -0.4 is 5.73 Å². The van der Waals surface area contributed by atoms with Gasteiger partial charge in [0.15, 0.2) is 0 Å². The number of halogens is 2. The molecular formula is C23H19F2N3O2. The molecule has 1 aromatic heterocycles. The van der Waals surface area contributed by atoms with Gasteiger partial charge < -0.3 is 10.6 Å². The van der Waals surface area contributed by atoms with Crippen LogP contribution in [-0.4, -0.2) is 21.7 Å². The van der Waals surface area contributed by atoms with E-state index in [9.17, 15) is 18.4 Å². The predicted molar refractivity (Wildman–Crippen MR) is 106 cm³/mol. The summed E-state index contributed by atoms with van der Waals surface area (Å²) in [6, 6.07) is 13.3. The van der Waals surface area contributed by atoms with Gasteiger partial charge in [0.1, 0.15) is 17.3 Å². The van der Waals surface area contributed by atoms with Crippen LogP contribution in [0.3, 0.4) is 0 Å². The van der Waals surface area contributed by atoms with E-state index in [0.29, 0.717) is 35.1 Å². The standard InChI is InChI=1S/C23H19F2N3O2/c24-15-11-18-17(19(25)12-15)8-9-21(18)28(23(30)20-7-3-4-10-27-20)13-14-5-1-2-6-16(14)22(26)29/h1-7,10-12,21H,8-9,13H2,(H2,26,29)/t21-/m1/s1. The summed E-state index contributed by atoms with van der Waals surface area (Å²) in [5.74, 6) is -2.31. The number of aromatic nitrogens is 1. The van der Waals surface area contributed by atoms with Crippen molar-refractivity contribution in [2.75, 3.05) is 0 Å². The summed E-state index contributed by atoms with van der Waals surface area (Å²) in [6.45, 7) is 0.0523. The molecule has 5 nitrogen and oxygen atoms in total. The van der Waals surface area contributed by atoms with Crippen molar-refractivity contribution < 1.29 is 18.4 Å². The van der Waals surface area contributed by atoms with Crippen LogP contribution >= 0.6 is 0 Å². The molecule has 1 heterocycles. The summed E-state index contributed by atoms with van der Waals surface area (Å²) < 4.78 is 28.3. The van der Waals surface area contributed by atoms with E-state index in [0.717, 1.165) is 6.07 Å². The Hall–Kier alpha value is -3.61. The molecule has 1 atom stereocenters. The molecule has 0 radical (unpaired) electrons. The topological polar surface area (TPSA) is 76.3 Å². The first-order valence-electron chi connectivity index (χ1n) is 9.53. The molecule has 7 heteroatoms. The number of carbonyl (C=O) groups is 2. The number of hydrogen-bond donors (Lipinski definition) is 1. The van der Waals surface area contributed by atoms with Crippen LogP contribution in [-0.2, 0) is 13.0 Å². The zero-order valence-electron chi connectivity index (χ0n) is 16.0. The van der Waals surface area contributed by atoms with Gasteiger partial charge in [-0.2, -0.15) is 0 Å². The van der Waals surface area contributed by atoms with E-state index in [1.165, 1.54) is 17.2 Å². The summed E-state index contributed by atoms with van der Waals surface area (Å²) in [6.07, 6.45) is 2.33. The molecule has 0 unspecified atom stereocenters. The van der Waals surface area contributed by atoms with Gasteiger partial charge in [-0.15, -0.1) is 0 Å². The normalized spacial score (nSPS) is 14.9. The lowest BCUT2D eigenvalue weighted by atomic mass is 10.0. The third kappa shape index (κ3) is 3.66. The van der Waals surface area contributed by atoms with Gasteiger partial charge in [0.2, 0.25) is 5.91 Å². The van der Waals surface area contributed by atoms with Crippen LogP contribution in [0.5, 0.6) is 0 Å². The smallest absolute Gasteiger partial charge is 0.273 e. The molecule has 2 N–H and O–H groups in total. The third-order valence-electron chi connectivity index (χ3n) is 5.37. The maximum atomic E-state index is 14.3. The van der Waals surface area contributed by atoms with Crippen molar-refractivity contribution in [3.05, 3.63) is 100 Å². The molecule has 3 aromatic rings. The summed E-state index contributed by atoms with van der Waals surface area (Å²) in [5, 5.41) is 0. The Morgan fingerprint density at radius 3 is 2.60 bits per heavy atom. The van der Waals surface area contributed by atoms with Gasteiger partial charge in [-0.05, 0) is 53.8 Å². The maximum absolute atomic E-state index is 14.3. The first-order valence-corrected chi connectivity index (χ1v) is 9.53. The van der Waals surface area contributed by atoms with Crippen molar-refractivity contribution in [2.24, 2.45) is 5.73 Å². The average molecular weight is 407 g/mol. The van der Waals surface area contributed by atoms with Gasteiger partial charge in [0, 0.05) is 24.4 Å². The fourth-order valence-electron chi connectivity index (χ4n) is 3.99. The number of benzene rings is 2. The minimum absolute atomic E-state index is 0.0523. The Labute approximate surface area is 172 Å². The van der Waals surface area contributed by atoms with Crippen molar-refractivity contribution in [3.63, 3.8) is 0 Å². The van der Waals surface area contributed by atoms with Gasteiger partial charge in [-0.3, -0.25) is 14.6 Å². The third-order valence-corrected chi connectivity index (χ3v) is 5.37. The molecule has 1 aliphatic carbocycles. The fourth-order valence-corrected chi connectivity index (χ4v) is 3.99. The first kappa shape index (κ1) is 19.7. The number of hydrogen-bond acceptors (Lipinski definition) is 3. The van der Waals surface area contributed by atoms with Gasteiger partial charge in [0.05, 0.1) is 6.04 Å². The molecular weight excluding hydrogens is 388 g/mol. The van der Waals surface area contributed by atoms with Crippen molar-refractivity contribution >= 4 is 11.8 Å². The second-order valence-corrected chi connectivity index (χ2v) is 7.18. The van der Waals surface area contributed by atoms with Crippen molar-refractivity contribution in [2.45, 2.75) is 25.4 Å². The first-order chi connectivity index (χ1) is 14.5. The van der Waals surface area contributed by atoms with Gasteiger partial charge >= 0.3 is 0 Å². The lowest BCUT2D eigenvalue weighted by Crippen LogP contribution is -2.35. The molecule has 0 fully saturated rings. The van der Waals surface area contributed by atoms with Crippen LogP contribution in [0.15, 0.2) is 60.8 Å². The number of fused-ring (bicyclic) bond motifs is 1. The number of amides is 2. The highest BCUT2D eigenvalue weighted by molar-refractivity contribution is 5.95. The van der Waals surface area contributed by atoms with Crippen LogP contribution in [0.4, 0.5) is 8.78 Å². The van der Waals surface area contributed by atoms with E-state index in [4.69, 9.17) is 5.73 Å². The fraction of sp³-hybridized carbons (Fsp3) is 0.174. The molecule has 0 saturated heterocycles.